The lowest BCUT2D eigenvalue weighted by atomic mass is 9.99. The van der Waals surface area contributed by atoms with E-state index in [-0.39, 0.29) is 6.10 Å². The van der Waals surface area contributed by atoms with Crippen LogP contribution in [-0.2, 0) is 9.53 Å². The van der Waals surface area contributed by atoms with Gasteiger partial charge in [0.15, 0.2) is 0 Å². The number of ether oxygens (including phenoxy) is 1. The van der Waals surface area contributed by atoms with Gasteiger partial charge in [0.1, 0.15) is 0 Å². The molecule has 2 aliphatic rings. The number of hydrogen-bond acceptors (Lipinski definition) is 2. The monoisotopic (exact) mass is 211 g/mol. The summed E-state index contributed by atoms with van der Waals surface area (Å²) in [5, 5.41) is 0. The summed E-state index contributed by atoms with van der Waals surface area (Å²) in [6.07, 6.45) is 5.32. The molecule has 0 N–H and O–H groups in total. The molecule has 0 aromatic heterocycles. The molecule has 0 radical (unpaired) electrons. The van der Waals surface area contributed by atoms with Gasteiger partial charge in [-0.2, -0.15) is 0 Å². The Hall–Kier alpha value is -0.570. The van der Waals surface area contributed by atoms with Gasteiger partial charge in [0.05, 0.1) is 12.5 Å². The highest BCUT2D eigenvalue weighted by Gasteiger charge is 2.24. The summed E-state index contributed by atoms with van der Waals surface area (Å²) in [4.78, 5) is 13.9. The summed E-state index contributed by atoms with van der Waals surface area (Å²) in [7, 11) is 0. The van der Waals surface area contributed by atoms with Crippen LogP contribution < -0.4 is 0 Å². The zero-order valence-electron chi connectivity index (χ0n) is 9.58. The summed E-state index contributed by atoms with van der Waals surface area (Å²) in [5.41, 5.74) is 0. The Labute approximate surface area is 91.8 Å². The first-order valence-electron chi connectivity index (χ1n) is 6.15. The summed E-state index contributed by atoms with van der Waals surface area (Å²) < 4.78 is 5.49. The Morgan fingerprint density at radius 1 is 1.33 bits per heavy atom. The first-order valence-corrected chi connectivity index (χ1v) is 6.15. The highest BCUT2D eigenvalue weighted by molar-refractivity contribution is 5.76. The van der Waals surface area contributed by atoms with Crippen molar-refractivity contribution in [1.29, 1.82) is 0 Å². The smallest absolute Gasteiger partial charge is 0.225 e. The fourth-order valence-electron chi connectivity index (χ4n) is 2.39. The Kier molecular flexibility index (Phi) is 3.62. The van der Waals surface area contributed by atoms with Crippen molar-refractivity contribution in [2.45, 2.75) is 45.1 Å². The minimum atomic E-state index is 0.205. The molecule has 0 bridgehead atoms. The van der Waals surface area contributed by atoms with Gasteiger partial charge in [-0.25, -0.2) is 0 Å². The van der Waals surface area contributed by atoms with Gasteiger partial charge in [-0.1, -0.05) is 6.92 Å². The second kappa shape index (κ2) is 4.97. The van der Waals surface area contributed by atoms with Crippen LogP contribution in [0.3, 0.4) is 0 Å². The maximum Gasteiger partial charge on any atom is 0.225 e. The van der Waals surface area contributed by atoms with Crippen molar-refractivity contribution < 1.29 is 9.53 Å². The van der Waals surface area contributed by atoms with Crippen molar-refractivity contribution in [2.75, 3.05) is 19.7 Å². The quantitative estimate of drug-likeness (QED) is 0.697. The minimum Gasteiger partial charge on any atom is -0.378 e. The lowest BCUT2D eigenvalue weighted by Crippen LogP contribution is -2.39. The molecule has 2 aliphatic heterocycles. The van der Waals surface area contributed by atoms with E-state index >= 15 is 0 Å². The highest BCUT2D eigenvalue weighted by atomic mass is 16.5. The van der Waals surface area contributed by atoms with Crippen LogP contribution in [0.4, 0.5) is 0 Å². The third-order valence-electron chi connectivity index (χ3n) is 3.56. The van der Waals surface area contributed by atoms with Crippen LogP contribution in [-0.4, -0.2) is 36.6 Å². The lowest BCUT2D eigenvalue weighted by molar-refractivity contribution is -0.134. The predicted octanol–water partition coefficient (Wildman–Crippen LogP) is 1.81. The SMILES string of the molecule is CC1CCN(C(=O)CC2CCCO2)CC1. The van der Waals surface area contributed by atoms with Crippen molar-refractivity contribution in [2.24, 2.45) is 5.92 Å². The van der Waals surface area contributed by atoms with Gasteiger partial charge in [-0.05, 0) is 31.6 Å². The zero-order chi connectivity index (χ0) is 10.7. The third kappa shape index (κ3) is 2.94. The van der Waals surface area contributed by atoms with Gasteiger partial charge in [-0.3, -0.25) is 4.79 Å². The third-order valence-corrected chi connectivity index (χ3v) is 3.56. The number of nitrogens with zero attached hydrogens (tertiary/aromatic N) is 1. The molecule has 0 spiro atoms. The number of piperidine rings is 1. The second-order valence-corrected chi connectivity index (χ2v) is 4.90. The number of carbonyl (C=O) groups is 1. The summed E-state index contributed by atoms with van der Waals surface area (Å²) in [6, 6.07) is 0. The van der Waals surface area contributed by atoms with Crippen LogP contribution in [0.15, 0.2) is 0 Å². The van der Waals surface area contributed by atoms with Crippen molar-refractivity contribution in [3.8, 4) is 0 Å². The molecule has 1 atom stereocenters. The average Bonchev–Trinajstić information content (AvgIpc) is 2.71. The number of amides is 1. The molecule has 0 aromatic rings. The molecule has 2 heterocycles. The van der Waals surface area contributed by atoms with Gasteiger partial charge in [0, 0.05) is 19.7 Å². The molecule has 1 unspecified atom stereocenters. The largest absolute Gasteiger partial charge is 0.378 e. The summed E-state index contributed by atoms with van der Waals surface area (Å²) in [6.45, 7) is 5.01. The van der Waals surface area contributed by atoms with Crippen LogP contribution >= 0.6 is 0 Å². The summed E-state index contributed by atoms with van der Waals surface area (Å²) in [5.74, 6) is 1.09. The molecule has 0 aromatic carbocycles. The van der Waals surface area contributed by atoms with Gasteiger partial charge in [0.2, 0.25) is 5.91 Å². The fraction of sp³-hybridized carbons (Fsp3) is 0.917. The normalized spacial score (nSPS) is 28.3. The van der Waals surface area contributed by atoms with Gasteiger partial charge in [-0.15, -0.1) is 0 Å². The Morgan fingerprint density at radius 3 is 2.67 bits per heavy atom. The minimum absolute atomic E-state index is 0.205. The van der Waals surface area contributed by atoms with E-state index in [0.717, 1.165) is 51.3 Å². The molecule has 2 fully saturated rings. The molecule has 2 saturated heterocycles. The molecule has 0 aliphatic carbocycles. The molecule has 86 valence electrons. The van der Waals surface area contributed by atoms with E-state index in [9.17, 15) is 4.79 Å². The zero-order valence-corrected chi connectivity index (χ0v) is 9.58. The van der Waals surface area contributed by atoms with Crippen LogP contribution in [0.5, 0.6) is 0 Å². The molecule has 3 nitrogen and oxygen atoms in total. The maximum atomic E-state index is 11.9. The molecular formula is C12H21NO2. The Balaban J connectivity index is 1.75. The van der Waals surface area contributed by atoms with Crippen molar-refractivity contribution in [1.82, 2.24) is 4.90 Å². The van der Waals surface area contributed by atoms with Gasteiger partial charge >= 0.3 is 0 Å². The number of hydrogen-bond donors (Lipinski definition) is 0. The second-order valence-electron chi connectivity index (χ2n) is 4.90. The fourth-order valence-corrected chi connectivity index (χ4v) is 2.39. The maximum absolute atomic E-state index is 11.9. The van der Waals surface area contributed by atoms with Gasteiger partial charge in [0.25, 0.3) is 0 Å². The van der Waals surface area contributed by atoms with Gasteiger partial charge < -0.3 is 9.64 Å². The van der Waals surface area contributed by atoms with E-state index in [4.69, 9.17) is 4.74 Å². The first kappa shape index (κ1) is 10.9. The Bertz CT molecular complexity index is 216. The topological polar surface area (TPSA) is 29.5 Å². The molecular weight excluding hydrogens is 190 g/mol. The van der Waals surface area contributed by atoms with Crippen molar-refractivity contribution in [3.05, 3.63) is 0 Å². The van der Waals surface area contributed by atoms with Crippen molar-refractivity contribution >= 4 is 5.91 Å². The highest BCUT2D eigenvalue weighted by Crippen LogP contribution is 2.20. The Morgan fingerprint density at radius 2 is 2.07 bits per heavy atom. The van der Waals surface area contributed by atoms with E-state index in [1.54, 1.807) is 0 Å². The molecule has 2 rings (SSSR count). The van der Waals surface area contributed by atoms with Crippen molar-refractivity contribution in [3.63, 3.8) is 0 Å². The molecule has 15 heavy (non-hydrogen) atoms. The van der Waals surface area contributed by atoms with Crippen LogP contribution in [0, 0.1) is 5.92 Å². The van der Waals surface area contributed by atoms with Crippen LogP contribution in [0.25, 0.3) is 0 Å². The lowest BCUT2D eigenvalue weighted by Gasteiger charge is -2.31. The summed E-state index contributed by atoms with van der Waals surface area (Å²) >= 11 is 0. The number of carbonyl (C=O) groups excluding carboxylic acids is 1. The van der Waals surface area contributed by atoms with Crippen LogP contribution in [0.1, 0.15) is 39.0 Å². The average molecular weight is 211 g/mol. The molecule has 1 amide bonds. The number of likely N-dealkylation sites (tertiary alicyclic amines) is 1. The predicted molar refractivity (Wildman–Crippen MR) is 58.6 cm³/mol. The number of rotatable bonds is 2. The van der Waals surface area contributed by atoms with E-state index < -0.39 is 0 Å². The van der Waals surface area contributed by atoms with E-state index in [1.807, 2.05) is 4.90 Å². The van der Waals surface area contributed by atoms with Crippen LogP contribution in [0.2, 0.25) is 0 Å². The van der Waals surface area contributed by atoms with E-state index in [2.05, 4.69) is 6.92 Å². The van der Waals surface area contributed by atoms with E-state index in [0.29, 0.717) is 12.3 Å². The molecule has 0 saturated carbocycles. The van der Waals surface area contributed by atoms with E-state index in [1.165, 1.54) is 0 Å². The first-order chi connectivity index (χ1) is 7.25. The standard InChI is InChI=1S/C12H21NO2/c1-10-4-6-13(7-5-10)12(14)9-11-3-2-8-15-11/h10-11H,2-9H2,1H3. The molecule has 3 heteroatoms.